The van der Waals surface area contributed by atoms with Crippen molar-refractivity contribution in [3.63, 3.8) is 0 Å². The second-order valence-corrected chi connectivity index (χ2v) is 8.33. The quantitative estimate of drug-likeness (QED) is 0.319. The number of nitrogens with zero attached hydrogens (tertiary/aromatic N) is 1. The number of rotatable bonds is 10. The molecule has 1 aromatic carbocycles. The van der Waals surface area contributed by atoms with Gasteiger partial charge in [0.2, 0.25) is 0 Å². The first-order valence-corrected chi connectivity index (χ1v) is 11.2. The Bertz CT molecular complexity index is 611. The Morgan fingerprint density at radius 2 is 2.03 bits per heavy atom. The molecule has 1 saturated heterocycles. The Morgan fingerprint density at radius 3 is 2.72 bits per heavy atom. The van der Waals surface area contributed by atoms with Crippen LogP contribution in [0.3, 0.4) is 0 Å². The number of aliphatic imine (C=N–C) groups is 1. The zero-order valence-corrected chi connectivity index (χ0v) is 18.1. The molecule has 3 N–H and O–H groups in total. The minimum Gasteiger partial charge on any atom is -0.379 e. The fraction of sp³-hybridized carbons (Fsp3) is 0.696. The molecular weight excluding hydrogens is 364 g/mol. The van der Waals surface area contributed by atoms with Gasteiger partial charge in [0, 0.05) is 44.9 Å². The average Bonchev–Trinajstić information content (AvgIpc) is 3.43. The van der Waals surface area contributed by atoms with Gasteiger partial charge in [-0.2, -0.15) is 0 Å². The molecule has 1 aliphatic carbocycles. The molecule has 6 nitrogen and oxygen atoms in total. The molecular formula is C23H38N4O2. The van der Waals surface area contributed by atoms with Crippen molar-refractivity contribution in [3.05, 3.63) is 35.9 Å². The van der Waals surface area contributed by atoms with Gasteiger partial charge in [-0.15, -0.1) is 0 Å². The largest absolute Gasteiger partial charge is 0.379 e. The van der Waals surface area contributed by atoms with E-state index in [-0.39, 0.29) is 11.6 Å². The van der Waals surface area contributed by atoms with Gasteiger partial charge in [0.25, 0.3) is 0 Å². The number of hydrogen-bond donors (Lipinski definition) is 3. The molecule has 6 heteroatoms. The molecule has 2 atom stereocenters. The van der Waals surface area contributed by atoms with Crippen LogP contribution in [0.1, 0.15) is 57.1 Å². The normalized spacial score (nSPS) is 22.6. The van der Waals surface area contributed by atoms with E-state index >= 15 is 0 Å². The summed E-state index contributed by atoms with van der Waals surface area (Å²) in [6.07, 6.45) is 7.23. The molecule has 1 saturated carbocycles. The second kappa shape index (κ2) is 11.5. The Hall–Kier alpha value is -1.63. The van der Waals surface area contributed by atoms with Crippen molar-refractivity contribution in [1.82, 2.24) is 16.0 Å². The lowest BCUT2D eigenvalue weighted by atomic mass is 9.94. The van der Waals surface area contributed by atoms with E-state index in [4.69, 9.17) is 9.47 Å². The SMILES string of the molecule is CN=C(NCCCOC1CCOC1)NCC1(NC(C)c2ccccc2)CCCC1. The summed E-state index contributed by atoms with van der Waals surface area (Å²) in [5.41, 5.74) is 1.47. The third-order valence-electron chi connectivity index (χ3n) is 6.06. The topological polar surface area (TPSA) is 66.9 Å². The Morgan fingerprint density at radius 1 is 1.24 bits per heavy atom. The van der Waals surface area contributed by atoms with E-state index < -0.39 is 0 Å². The third-order valence-corrected chi connectivity index (χ3v) is 6.06. The minimum absolute atomic E-state index is 0.123. The van der Waals surface area contributed by atoms with Crippen LogP contribution in [0, 0.1) is 0 Å². The van der Waals surface area contributed by atoms with Gasteiger partial charge in [-0.1, -0.05) is 43.2 Å². The first kappa shape index (κ1) is 22.1. The van der Waals surface area contributed by atoms with E-state index in [0.29, 0.717) is 6.04 Å². The lowest BCUT2D eigenvalue weighted by molar-refractivity contribution is 0.0420. The van der Waals surface area contributed by atoms with Crippen molar-refractivity contribution < 1.29 is 9.47 Å². The molecule has 3 rings (SSSR count). The van der Waals surface area contributed by atoms with Crippen LogP contribution in [-0.4, -0.2) is 57.6 Å². The summed E-state index contributed by atoms with van der Waals surface area (Å²) in [6, 6.07) is 11.0. The molecule has 29 heavy (non-hydrogen) atoms. The summed E-state index contributed by atoms with van der Waals surface area (Å²) in [4.78, 5) is 4.40. The van der Waals surface area contributed by atoms with Crippen molar-refractivity contribution in [2.75, 3.05) is 40.0 Å². The van der Waals surface area contributed by atoms with Crippen molar-refractivity contribution >= 4 is 5.96 Å². The van der Waals surface area contributed by atoms with E-state index in [1.165, 1.54) is 31.2 Å². The van der Waals surface area contributed by atoms with E-state index in [9.17, 15) is 0 Å². The highest BCUT2D eigenvalue weighted by Crippen LogP contribution is 2.31. The summed E-state index contributed by atoms with van der Waals surface area (Å²) >= 11 is 0. The monoisotopic (exact) mass is 402 g/mol. The zero-order valence-electron chi connectivity index (χ0n) is 18.1. The number of hydrogen-bond acceptors (Lipinski definition) is 4. The van der Waals surface area contributed by atoms with Crippen LogP contribution in [0.25, 0.3) is 0 Å². The van der Waals surface area contributed by atoms with Gasteiger partial charge in [0.05, 0.1) is 12.7 Å². The predicted octanol–water partition coefficient (Wildman–Crippen LogP) is 3.01. The molecule has 0 bridgehead atoms. The maximum Gasteiger partial charge on any atom is 0.191 e. The summed E-state index contributed by atoms with van der Waals surface area (Å²) in [6.45, 7) is 6.34. The molecule has 162 valence electrons. The van der Waals surface area contributed by atoms with Crippen LogP contribution in [0.5, 0.6) is 0 Å². The Balaban J connectivity index is 1.41. The van der Waals surface area contributed by atoms with Crippen LogP contribution in [0.4, 0.5) is 0 Å². The smallest absolute Gasteiger partial charge is 0.191 e. The molecule has 0 radical (unpaired) electrons. The van der Waals surface area contributed by atoms with Crippen LogP contribution in [-0.2, 0) is 9.47 Å². The molecule has 0 spiro atoms. The maximum atomic E-state index is 5.83. The van der Waals surface area contributed by atoms with E-state index in [2.05, 4.69) is 58.2 Å². The maximum absolute atomic E-state index is 5.83. The van der Waals surface area contributed by atoms with Gasteiger partial charge < -0.3 is 25.4 Å². The standard InChI is InChI=1S/C23H38N4O2/c1-19(20-9-4-3-5-10-20)27-23(12-6-7-13-23)18-26-22(24-2)25-14-8-15-29-21-11-16-28-17-21/h3-5,9-10,19,21,27H,6-8,11-18H2,1-2H3,(H2,24,25,26). The van der Waals surface area contributed by atoms with Crippen molar-refractivity contribution in [2.24, 2.45) is 4.99 Å². The molecule has 1 heterocycles. The lowest BCUT2D eigenvalue weighted by Crippen LogP contribution is -2.54. The molecule has 2 fully saturated rings. The fourth-order valence-electron chi connectivity index (χ4n) is 4.36. The van der Waals surface area contributed by atoms with Gasteiger partial charge in [-0.05, 0) is 38.2 Å². The first-order chi connectivity index (χ1) is 14.2. The highest BCUT2D eigenvalue weighted by atomic mass is 16.5. The average molecular weight is 403 g/mol. The number of nitrogens with one attached hydrogen (secondary N) is 3. The molecule has 1 aromatic rings. The zero-order chi connectivity index (χ0) is 20.4. The van der Waals surface area contributed by atoms with Crippen LogP contribution >= 0.6 is 0 Å². The van der Waals surface area contributed by atoms with E-state index in [1.807, 2.05) is 7.05 Å². The van der Waals surface area contributed by atoms with Gasteiger partial charge >= 0.3 is 0 Å². The summed E-state index contributed by atoms with van der Waals surface area (Å²) in [7, 11) is 1.84. The molecule has 2 aliphatic rings. The van der Waals surface area contributed by atoms with E-state index in [1.54, 1.807) is 0 Å². The molecule has 1 aliphatic heterocycles. The number of ether oxygens (including phenoxy) is 2. The predicted molar refractivity (Wildman–Crippen MR) is 118 cm³/mol. The van der Waals surface area contributed by atoms with Gasteiger partial charge in [-0.3, -0.25) is 4.99 Å². The third kappa shape index (κ3) is 6.98. The number of guanidine groups is 1. The lowest BCUT2D eigenvalue weighted by Gasteiger charge is -2.35. The number of benzene rings is 1. The highest BCUT2D eigenvalue weighted by molar-refractivity contribution is 5.79. The van der Waals surface area contributed by atoms with Gasteiger partial charge in [0.1, 0.15) is 0 Å². The second-order valence-electron chi connectivity index (χ2n) is 8.33. The molecule has 0 amide bonds. The Kier molecular flexibility index (Phi) is 8.77. The van der Waals surface area contributed by atoms with Crippen LogP contribution in [0.15, 0.2) is 35.3 Å². The Labute approximate surface area is 175 Å². The first-order valence-electron chi connectivity index (χ1n) is 11.2. The van der Waals surface area contributed by atoms with Gasteiger partial charge in [-0.25, -0.2) is 0 Å². The summed E-state index contributed by atoms with van der Waals surface area (Å²) in [5.74, 6) is 0.870. The molecule has 2 unspecified atom stereocenters. The van der Waals surface area contributed by atoms with Crippen LogP contribution in [0.2, 0.25) is 0 Å². The van der Waals surface area contributed by atoms with Crippen molar-refractivity contribution in [3.8, 4) is 0 Å². The highest BCUT2D eigenvalue weighted by Gasteiger charge is 2.35. The van der Waals surface area contributed by atoms with Crippen molar-refractivity contribution in [2.45, 2.75) is 63.1 Å². The summed E-state index contributed by atoms with van der Waals surface area (Å²) < 4.78 is 11.2. The van der Waals surface area contributed by atoms with Crippen LogP contribution < -0.4 is 16.0 Å². The van der Waals surface area contributed by atoms with Crippen molar-refractivity contribution in [1.29, 1.82) is 0 Å². The van der Waals surface area contributed by atoms with Gasteiger partial charge in [0.15, 0.2) is 5.96 Å². The van der Waals surface area contributed by atoms with E-state index in [0.717, 1.165) is 51.7 Å². The molecule has 0 aromatic heterocycles. The summed E-state index contributed by atoms with van der Waals surface area (Å²) in [5, 5.41) is 10.9. The minimum atomic E-state index is 0.123. The fourth-order valence-corrected chi connectivity index (χ4v) is 4.36.